The number of imidazole rings is 2. The highest BCUT2D eigenvalue weighted by Crippen LogP contribution is 2.58. The van der Waals surface area contributed by atoms with E-state index in [-0.39, 0.29) is 40.7 Å². The molecule has 246 valence electrons. The van der Waals surface area contributed by atoms with Crippen LogP contribution in [0, 0.1) is 5.92 Å². The van der Waals surface area contributed by atoms with Gasteiger partial charge in [0.2, 0.25) is 5.95 Å². The van der Waals surface area contributed by atoms with Crippen molar-refractivity contribution in [2.45, 2.75) is 49.4 Å². The molecule has 46 heavy (non-hydrogen) atoms. The first kappa shape index (κ1) is 30.0. The molecule has 10 atom stereocenters. The number of phosphoric acid groups is 2. The fourth-order valence-corrected chi connectivity index (χ4v) is 8.23. The lowest BCUT2D eigenvalue weighted by Crippen LogP contribution is -2.45. The Bertz CT molecular complexity index is 2020. The van der Waals surface area contributed by atoms with Gasteiger partial charge in [0, 0.05) is 5.92 Å². The van der Waals surface area contributed by atoms with Crippen LogP contribution in [0.1, 0.15) is 19.4 Å². The average molecular weight is 684 g/mol. The standard InChI is InChI=1S/C22H26N10O12P2/c1-8-9-2-39-45(34,35)44-14-13-20(31-6-27-10-15(23)25-5-26-16(10)31)42-22(14,3-38-13)4-40-46(36,37)43-12(8)19(41-9)32-7-28-11-17(32)29-21(24)30-18(11)33/h5-9,12-14,19-20H,2-4H2,1H3,(H,34,35)(H,36,37)(H2,23,25,26)(H3,24,29,30,33). The van der Waals surface area contributed by atoms with E-state index in [2.05, 4.69) is 29.9 Å². The van der Waals surface area contributed by atoms with Gasteiger partial charge in [0.15, 0.2) is 35.1 Å². The summed E-state index contributed by atoms with van der Waals surface area (Å²) in [6, 6.07) is 0. The van der Waals surface area contributed by atoms with Gasteiger partial charge >= 0.3 is 15.6 Å². The van der Waals surface area contributed by atoms with Gasteiger partial charge in [-0.3, -0.25) is 37.0 Å². The molecule has 0 aliphatic carbocycles. The molecule has 22 nitrogen and oxygen atoms in total. The molecule has 4 bridgehead atoms. The maximum atomic E-state index is 13.5. The number of nitrogen functional groups attached to an aromatic ring is 2. The molecule has 4 aliphatic heterocycles. The van der Waals surface area contributed by atoms with Crippen LogP contribution in [0.25, 0.3) is 22.3 Å². The SMILES string of the molecule is CC1C2COP(=O)(O)OC3C4OCC3(COP(=O)(O)OC1C(n1cnc3c(=O)[nH]c(N)nc31)O2)OC4n1cnc2c(N)ncnc21. The zero-order valence-electron chi connectivity index (χ0n) is 23.6. The van der Waals surface area contributed by atoms with E-state index >= 15 is 0 Å². The highest BCUT2D eigenvalue weighted by Gasteiger charge is 2.66. The number of anilines is 2. The number of H-pyrrole nitrogens is 1. The molecule has 8 heterocycles. The summed E-state index contributed by atoms with van der Waals surface area (Å²) >= 11 is 0. The van der Waals surface area contributed by atoms with Gasteiger partial charge in [-0.25, -0.2) is 29.1 Å². The Morgan fingerprint density at radius 1 is 0.957 bits per heavy atom. The van der Waals surface area contributed by atoms with Crippen LogP contribution in [0.4, 0.5) is 11.8 Å². The molecular weight excluding hydrogens is 658 g/mol. The Kier molecular flexibility index (Phi) is 6.71. The number of hydrogen-bond donors (Lipinski definition) is 5. The van der Waals surface area contributed by atoms with Crippen molar-refractivity contribution in [1.82, 2.24) is 39.0 Å². The maximum Gasteiger partial charge on any atom is 0.472 e. The summed E-state index contributed by atoms with van der Waals surface area (Å²) in [6.07, 6.45) is -3.07. The van der Waals surface area contributed by atoms with Gasteiger partial charge in [-0.15, -0.1) is 0 Å². The van der Waals surface area contributed by atoms with Gasteiger partial charge < -0.3 is 35.5 Å². The van der Waals surface area contributed by atoms with Gasteiger partial charge in [-0.1, -0.05) is 6.92 Å². The second-order valence-electron chi connectivity index (χ2n) is 11.2. The van der Waals surface area contributed by atoms with Crippen molar-refractivity contribution in [3.8, 4) is 0 Å². The minimum absolute atomic E-state index is 0.0000780. The highest BCUT2D eigenvalue weighted by atomic mass is 31.2. The monoisotopic (exact) mass is 684 g/mol. The summed E-state index contributed by atoms with van der Waals surface area (Å²) in [5, 5.41) is 0. The number of nitrogens with two attached hydrogens (primary N) is 2. The van der Waals surface area contributed by atoms with Gasteiger partial charge in [0.05, 0.1) is 38.6 Å². The van der Waals surface area contributed by atoms with Crippen LogP contribution < -0.4 is 17.0 Å². The minimum Gasteiger partial charge on any atom is -0.382 e. The Morgan fingerprint density at radius 2 is 1.70 bits per heavy atom. The zero-order chi connectivity index (χ0) is 32.2. The number of rotatable bonds is 2. The van der Waals surface area contributed by atoms with Crippen LogP contribution >= 0.6 is 15.6 Å². The number of aromatic amines is 1. The summed E-state index contributed by atoms with van der Waals surface area (Å²) in [4.78, 5) is 57.1. The number of nitrogens with one attached hydrogen (secondary N) is 1. The van der Waals surface area contributed by atoms with E-state index < -0.39 is 82.8 Å². The second kappa shape index (κ2) is 10.3. The van der Waals surface area contributed by atoms with Crippen LogP contribution in [0.3, 0.4) is 0 Å². The fourth-order valence-electron chi connectivity index (χ4n) is 6.19. The predicted octanol–water partition coefficient (Wildman–Crippen LogP) is -0.658. The van der Waals surface area contributed by atoms with E-state index in [1.807, 2.05) is 0 Å². The fraction of sp³-hybridized carbons (Fsp3) is 0.545. The zero-order valence-corrected chi connectivity index (χ0v) is 25.3. The van der Waals surface area contributed by atoms with Crippen LogP contribution in [-0.4, -0.2) is 98.7 Å². The first-order valence-corrected chi connectivity index (χ1v) is 16.8. The summed E-state index contributed by atoms with van der Waals surface area (Å²) in [7, 11) is -9.82. The summed E-state index contributed by atoms with van der Waals surface area (Å²) < 4.78 is 70.1. The Labute approximate surface area is 256 Å². The van der Waals surface area contributed by atoms with E-state index in [1.165, 1.54) is 28.1 Å². The van der Waals surface area contributed by atoms with E-state index in [4.69, 9.17) is 43.8 Å². The third kappa shape index (κ3) is 4.68. The summed E-state index contributed by atoms with van der Waals surface area (Å²) in [5.74, 6) is -0.841. The normalized spacial score (nSPS) is 39.7. The molecule has 4 fully saturated rings. The van der Waals surface area contributed by atoms with Crippen molar-refractivity contribution in [2.75, 3.05) is 31.3 Å². The minimum atomic E-state index is -4.95. The van der Waals surface area contributed by atoms with Crippen molar-refractivity contribution in [1.29, 1.82) is 0 Å². The van der Waals surface area contributed by atoms with Crippen LogP contribution in [0.15, 0.2) is 23.8 Å². The van der Waals surface area contributed by atoms with Crippen LogP contribution in [0.2, 0.25) is 0 Å². The lowest BCUT2D eigenvalue weighted by Gasteiger charge is -2.32. The summed E-state index contributed by atoms with van der Waals surface area (Å²) in [6.45, 7) is 0.166. The Hall–Kier alpha value is -3.40. The molecule has 4 saturated heterocycles. The second-order valence-corrected chi connectivity index (χ2v) is 14.0. The predicted molar refractivity (Wildman–Crippen MR) is 149 cm³/mol. The molecule has 0 aromatic carbocycles. The van der Waals surface area contributed by atoms with Gasteiger partial charge in [-0.2, -0.15) is 4.98 Å². The topological polar surface area (TPSA) is 298 Å². The van der Waals surface area contributed by atoms with Gasteiger partial charge in [0.25, 0.3) is 5.56 Å². The number of fused-ring (bicyclic) bond motifs is 4. The third-order valence-corrected chi connectivity index (χ3v) is 10.4. The molecular formula is C22H26N10O12P2. The molecule has 7 N–H and O–H groups in total. The Morgan fingerprint density at radius 3 is 2.50 bits per heavy atom. The van der Waals surface area contributed by atoms with Crippen molar-refractivity contribution < 1.29 is 51.2 Å². The molecule has 0 amide bonds. The molecule has 0 saturated carbocycles. The smallest absolute Gasteiger partial charge is 0.382 e. The molecule has 24 heteroatoms. The number of aromatic nitrogens is 8. The van der Waals surface area contributed by atoms with Gasteiger partial charge in [-0.05, 0) is 0 Å². The van der Waals surface area contributed by atoms with Gasteiger partial charge in [0.1, 0.15) is 35.8 Å². The molecule has 8 rings (SSSR count). The van der Waals surface area contributed by atoms with Crippen LogP contribution in [-0.2, 0) is 41.4 Å². The third-order valence-electron chi connectivity index (χ3n) is 8.44. The van der Waals surface area contributed by atoms with Crippen molar-refractivity contribution in [3.05, 3.63) is 29.3 Å². The average Bonchev–Trinajstić information content (AvgIpc) is 3.80. The van der Waals surface area contributed by atoms with Crippen molar-refractivity contribution >= 4 is 49.7 Å². The lowest BCUT2D eigenvalue weighted by atomic mass is 10.0. The first-order valence-electron chi connectivity index (χ1n) is 13.8. The van der Waals surface area contributed by atoms with Crippen molar-refractivity contribution in [2.24, 2.45) is 5.92 Å². The van der Waals surface area contributed by atoms with E-state index in [1.54, 1.807) is 6.92 Å². The van der Waals surface area contributed by atoms with Crippen molar-refractivity contribution in [3.63, 3.8) is 0 Å². The van der Waals surface area contributed by atoms with E-state index in [0.29, 0.717) is 0 Å². The quantitative estimate of drug-likeness (QED) is 0.164. The first-order chi connectivity index (χ1) is 21.8. The lowest BCUT2D eigenvalue weighted by molar-refractivity contribution is -0.184. The Balaban J connectivity index is 1.14. The molecule has 4 aromatic heterocycles. The largest absolute Gasteiger partial charge is 0.472 e. The highest BCUT2D eigenvalue weighted by molar-refractivity contribution is 7.47. The number of phosphoric ester groups is 2. The summed E-state index contributed by atoms with van der Waals surface area (Å²) in [5.41, 5.74) is 9.80. The number of nitrogens with zero attached hydrogens (tertiary/aromatic N) is 7. The number of ether oxygens (including phenoxy) is 3. The number of hydrogen-bond acceptors (Lipinski definition) is 17. The molecule has 0 radical (unpaired) electrons. The molecule has 4 aliphatic rings. The molecule has 10 unspecified atom stereocenters. The van der Waals surface area contributed by atoms with E-state index in [0.717, 1.165) is 0 Å². The molecule has 0 spiro atoms. The molecule has 4 aromatic rings. The maximum absolute atomic E-state index is 13.5. The van der Waals surface area contributed by atoms with Crippen LogP contribution in [0.5, 0.6) is 0 Å². The van der Waals surface area contributed by atoms with E-state index in [9.17, 15) is 23.7 Å².